The molecule has 0 saturated heterocycles. The summed E-state index contributed by atoms with van der Waals surface area (Å²) in [6.45, 7) is 2.13. The zero-order valence-electron chi connectivity index (χ0n) is 11.0. The van der Waals surface area contributed by atoms with Gasteiger partial charge in [-0.25, -0.2) is 0 Å². The molecule has 1 aliphatic heterocycles. The summed E-state index contributed by atoms with van der Waals surface area (Å²) in [5.41, 5.74) is 1.90. The van der Waals surface area contributed by atoms with Gasteiger partial charge >= 0.3 is 0 Å². The summed E-state index contributed by atoms with van der Waals surface area (Å²) in [4.78, 5) is 12.2. The average molecular weight is 248 g/mol. The maximum atomic E-state index is 12.2. The number of aryl methyl sites for hydroxylation is 2. The number of fused-ring (bicyclic) bond motifs is 2. The maximum absolute atomic E-state index is 12.2. The lowest BCUT2D eigenvalue weighted by molar-refractivity contribution is -0.119. The number of amides is 1. The lowest BCUT2D eigenvalue weighted by Crippen LogP contribution is -2.31. The Labute approximate surface area is 107 Å². The van der Waals surface area contributed by atoms with Gasteiger partial charge in [0.1, 0.15) is 11.5 Å². The van der Waals surface area contributed by atoms with Crippen LogP contribution in [0.25, 0.3) is 0 Å². The molecule has 2 heterocycles. The fourth-order valence-corrected chi connectivity index (χ4v) is 3.13. The molecule has 1 amide bonds. The summed E-state index contributed by atoms with van der Waals surface area (Å²) in [5, 5.41) is 11.1. The third-order valence-corrected chi connectivity index (χ3v) is 4.03. The Morgan fingerprint density at radius 1 is 1.44 bits per heavy atom. The summed E-state index contributed by atoms with van der Waals surface area (Å²) in [5.74, 6) is 1.25. The van der Waals surface area contributed by atoms with Gasteiger partial charge in [0.2, 0.25) is 5.91 Å². The van der Waals surface area contributed by atoms with Crippen LogP contribution in [0.5, 0.6) is 0 Å². The van der Waals surface area contributed by atoms with Crippen LogP contribution in [0.2, 0.25) is 0 Å². The molecule has 2 unspecified atom stereocenters. The number of nitrogens with one attached hydrogen (secondary N) is 2. The van der Waals surface area contributed by atoms with Crippen LogP contribution in [0, 0.1) is 5.92 Å². The van der Waals surface area contributed by atoms with E-state index in [2.05, 4.69) is 22.7 Å². The number of nitrogens with zero attached hydrogens (tertiary/aromatic N) is 2. The first-order chi connectivity index (χ1) is 8.70. The summed E-state index contributed by atoms with van der Waals surface area (Å²) in [7, 11) is 1.94. The van der Waals surface area contributed by atoms with Crippen LogP contribution in [0.3, 0.4) is 0 Å². The van der Waals surface area contributed by atoms with E-state index in [1.54, 1.807) is 0 Å². The van der Waals surface area contributed by atoms with Crippen molar-refractivity contribution in [1.82, 2.24) is 9.78 Å². The quantitative estimate of drug-likeness (QED) is 0.840. The standard InChI is InChI=1S/C13H20N4O/c1-3-5-10-11-12(17(2)16-10)14-9-7-4-6-8(9)13(18)15-11/h8-9,14H,3-7H2,1-2H3,(H,15,18). The van der Waals surface area contributed by atoms with Crippen LogP contribution >= 0.6 is 0 Å². The van der Waals surface area contributed by atoms with Crippen molar-refractivity contribution in [2.45, 2.75) is 45.1 Å². The second kappa shape index (κ2) is 4.30. The molecule has 0 aromatic carbocycles. The van der Waals surface area contributed by atoms with Crippen LogP contribution in [-0.2, 0) is 18.3 Å². The molecule has 3 rings (SSSR count). The summed E-state index contributed by atoms with van der Waals surface area (Å²) in [6.07, 6.45) is 5.14. The maximum Gasteiger partial charge on any atom is 0.229 e. The number of anilines is 2. The zero-order chi connectivity index (χ0) is 12.7. The number of rotatable bonds is 2. The number of hydrogen-bond donors (Lipinski definition) is 2. The van der Waals surface area contributed by atoms with E-state index in [0.29, 0.717) is 0 Å². The van der Waals surface area contributed by atoms with Crippen molar-refractivity contribution in [3.8, 4) is 0 Å². The predicted molar refractivity (Wildman–Crippen MR) is 70.6 cm³/mol. The van der Waals surface area contributed by atoms with Gasteiger partial charge in [0.15, 0.2) is 0 Å². The molecule has 1 aliphatic carbocycles. The van der Waals surface area contributed by atoms with Gasteiger partial charge in [0.05, 0.1) is 11.6 Å². The molecule has 5 heteroatoms. The second-order valence-corrected chi connectivity index (χ2v) is 5.32. The highest BCUT2D eigenvalue weighted by molar-refractivity contribution is 5.98. The first kappa shape index (κ1) is 11.6. The van der Waals surface area contributed by atoms with Gasteiger partial charge < -0.3 is 10.6 Å². The van der Waals surface area contributed by atoms with E-state index >= 15 is 0 Å². The Morgan fingerprint density at radius 2 is 2.28 bits per heavy atom. The van der Waals surface area contributed by atoms with Crippen molar-refractivity contribution < 1.29 is 4.79 Å². The van der Waals surface area contributed by atoms with Crippen molar-refractivity contribution in [3.63, 3.8) is 0 Å². The van der Waals surface area contributed by atoms with Crippen LogP contribution in [-0.4, -0.2) is 21.7 Å². The van der Waals surface area contributed by atoms with E-state index in [1.807, 2.05) is 11.7 Å². The van der Waals surface area contributed by atoms with Crippen molar-refractivity contribution >= 4 is 17.4 Å². The van der Waals surface area contributed by atoms with Gasteiger partial charge in [0, 0.05) is 13.1 Å². The van der Waals surface area contributed by atoms with Crippen molar-refractivity contribution in [2.75, 3.05) is 10.6 Å². The molecule has 0 radical (unpaired) electrons. The molecule has 1 saturated carbocycles. The molecule has 2 atom stereocenters. The van der Waals surface area contributed by atoms with Gasteiger partial charge in [-0.1, -0.05) is 19.8 Å². The van der Waals surface area contributed by atoms with E-state index < -0.39 is 0 Å². The molecule has 2 aliphatic rings. The molecule has 1 fully saturated rings. The molecular formula is C13H20N4O. The Morgan fingerprint density at radius 3 is 3.06 bits per heavy atom. The van der Waals surface area contributed by atoms with Crippen LogP contribution in [0.4, 0.5) is 11.5 Å². The third-order valence-electron chi connectivity index (χ3n) is 4.03. The van der Waals surface area contributed by atoms with Crippen LogP contribution < -0.4 is 10.6 Å². The average Bonchev–Trinajstić information content (AvgIpc) is 2.86. The SMILES string of the molecule is CCCc1nn(C)c2c1NC(=O)C1CCCC1N2. The smallest absolute Gasteiger partial charge is 0.229 e. The van der Waals surface area contributed by atoms with Gasteiger partial charge in [-0.05, 0) is 19.3 Å². The van der Waals surface area contributed by atoms with E-state index in [9.17, 15) is 4.79 Å². The normalized spacial score (nSPS) is 26.0. The largest absolute Gasteiger partial charge is 0.365 e. The Hall–Kier alpha value is -1.52. The molecule has 5 nitrogen and oxygen atoms in total. The molecule has 98 valence electrons. The molecule has 1 aromatic rings. The van der Waals surface area contributed by atoms with Crippen molar-refractivity contribution in [1.29, 1.82) is 0 Å². The van der Waals surface area contributed by atoms with Crippen molar-refractivity contribution in [2.24, 2.45) is 13.0 Å². The number of carbonyl (C=O) groups is 1. The molecule has 18 heavy (non-hydrogen) atoms. The molecule has 1 aromatic heterocycles. The second-order valence-electron chi connectivity index (χ2n) is 5.32. The van der Waals surface area contributed by atoms with Gasteiger partial charge in [0.25, 0.3) is 0 Å². The van der Waals surface area contributed by atoms with E-state index in [0.717, 1.165) is 49.3 Å². The zero-order valence-corrected chi connectivity index (χ0v) is 11.0. The Bertz CT molecular complexity index is 480. The van der Waals surface area contributed by atoms with Crippen LogP contribution in [0.1, 0.15) is 38.3 Å². The summed E-state index contributed by atoms with van der Waals surface area (Å²) >= 11 is 0. The lowest BCUT2D eigenvalue weighted by atomic mass is 10.0. The third kappa shape index (κ3) is 1.69. The number of aromatic nitrogens is 2. The minimum Gasteiger partial charge on any atom is -0.365 e. The minimum atomic E-state index is 0.117. The highest BCUT2D eigenvalue weighted by Gasteiger charge is 2.37. The minimum absolute atomic E-state index is 0.117. The van der Waals surface area contributed by atoms with E-state index in [-0.39, 0.29) is 17.9 Å². The molecule has 0 bridgehead atoms. The fourth-order valence-electron chi connectivity index (χ4n) is 3.13. The van der Waals surface area contributed by atoms with E-state index in [1.165, 1.54) is 0 Å². The summed E-state index contributed by atoms with van der Waals surface area (Å²) in [6, 6.07) is 0.274. The molecule has 2 N–H and O–H groups in total. The Balaban J connectivity index is 2.00. The van der Waals surface area contributed by atoms with E-state index in [4.69, 9.17) is 0 Å². The monoisotopic (exact) mass is 248 g/mol. The first-order valence-electron chi connectivity index (χ1n) is 6.84. The highest BCUT2D eigenvalue weighted by Crippen LogP contribution is 2.37. The fraction of sp³-hybridized carbons (Fsp3) is 0.692. The van der Waals surface area contributed by atoms with Gasteiger partial charge in [-0.3, -0.25) is 9.48 Å². The molecule has 0 spiro atoms. The topological polar surface area (TPSA) is 59.0 Å². The van der Waals surface area contributed by atoms with Gasteiger partial charge in [-0.15, -0.1) is 0 Å². The lowest BCUT2D eigenvalue weighted by Gasteiger charge is -2.16. The predicted octanol–water partition coefficient (Wildman–Crippen LogP) is 1.91. The molecular weight excluding hydrogens is 228 g/mol. The van der Waals surface area contributed by atoms with Gasteiger partial charge in [-0.2, -0.15) is 5.10 Å². The summed E-state index contributed by atoms with van der Waals surface area (Å²) < 4.78 is 1.86. The number of hydrogen-bond acceptors (Lipinski definition) is 3. The Kier molecular flexibility index (Phi) is 2.76. The number of carbonyl (C=O) groups excluding carboxylic acids is 1. The van der Waals surface area contributed by atoms with Crippen molar-refractivity contribution in [3.05, 3.63) is 5.69 Å². The highest BCUT2D eigenvalue weighted by atomic mass is 16.2. The van der Waals surface area contributed by atoms with Crippen LogP contribution in [0.15, 0.2) is 0 Å². The first-order valence-corrected chi connectivity index (χ1v) is 6.84.